The van der Waals surface area contributed by atoms with Crippen LogP contribution in [-0.4, -0.2) is 43.8 Å². The Morgan fingerprint density at radius 3 is 2.52 bits per heavy atom. The van der Waals surface area contributed by atoms with Crippen molar-refractivity contribution in [3.8, 4) is 0 Å². The summed E-state index contributed by atoms with van der Waals surface area (Å²) in [6.45, 7) is 9.16. The van der Waals surface area contributed by atoms with Gasteiger partial charge >= 0.3 is 5.97 Å². The quantitative estimate of drug-likeness (QED) is 0.774. The fourth-order valence-corrected chi connectivity index (χ4v) is 4.49. The number of carbonyl (C=O) groups excluding carboxylic acids is 1. The van der Waals surface area contributed by atoms with Gasteiger partial charge in [0.25, 0.3) is 0 Å². The van der Waals surface area contributed by atoms with Crippen LogP contribution in [0.2, 0.25) is 0 Å². The lowest BCUT2D eigenvalue weighted by molar-refractivity contribution is -0.148. The van der Waals surface area contributed by atoms with Crippen LogP contribution in [0.1, 0.15) is 50.1 Å². The molecule has 1 amide bonds. The number of carboxylic acid groups (broad SMARTS) is 1. The van der Waals surface area contributed by atoms with Crippen molar-refractivity contribution in [3.63, 3.8) is 0 Å². The highest BCUT2D eigenvalue weighted by Crippen LogP contribution is 2.27. The highest BCUT2D eigenvalue weighted by Gasteiger charge is 2.41. The topological polar surface area (TPSA) is 84.2 Å². The van der Waals surface area contributed by atoms with E-state index in [0.717, 1.165) is 35.0 Å². The lowest BCUT2D eigenvalue weighted by Gasteiger charge is -2.33. The number of rotatable bonds is 7. The van der Waals surface area contributed by atoms with E-state index in [1.54, 1.807) is 11.8 Å². The van der Waals surface area contributed by atoms with Crippen LogP contribution in [0.15, 0.2) is 0 Å². The zero-order chi connectivity index (χ0) is 18.6. The molecule has 2 heterocycles. The summed E-state index contributed by atoms with van der Waals surface area (Å²) in [5.74, 6) is 0.941. The van der Waals surface area contributed by atoms with E-state index < -0.39 is 11.5 Å². The van der Waals surface area contributed by atoms with E-state index in [2.05, 4.69) is 24.3 Å². The maximum Gasteiger partial charge on any atom is 0.329 e. The van der Waals surface area contributed by atoms with Crippen molar-refractivity contribution in [1.82, 2.24) is 15.1 Å². The van der Waals surface area contributed by atoms with Crippen molar-refractivity contribution in [2.24, 2.45) is 5.92 Å². The number of aliphatic carboxylic acids is 1. The zero-order valence-corrected chi connectivity index (χ0v) is 16.4. The highest BCUT2D eigenvalue weighted by atomic mass is 32.2. The Balaban J connectivity index is 2.00. The Labute approximate surface area is 153 Å². The number of hydrogen-bond donors (Lipinski definition) is 2. The highest BCUT2D eigenvalue weighted by molar-refractivity contribution is 7.99. The second-order valence-corrected chi connectivity index (χ2v) is 8.50. The van der Waals surface area contributed by atoms with E-state index in [4.69, 9.17) is 0 Å². The Morgan fingerprint density at radius 2 is 1.96 bits per heavy atom. The Morgan fingerprint density at radius 1 is 1.32 bits per heavy atom. The number of hydrogen-bond acceptors (Lipinski definition) is 4. The van der Waals surface area contributed by atoms with Crippen LogP contribution in [0.4, 0.5) is 0 Å². The number of carbonyl (C=O) groups is 2. The molecule has 2 N–H and O–H groups in total. The van der Waals surface area contributed by atoms with Crippen molar-refractivity contribution in [3.05, 3.63) is 17.0 Å². The Hall–Kier alpha value is -1.50. The predicted octanol–water partition coefficient (Wildman–Crippen LogP) is 2.56. The van der Waals surface area contributed by atoms with Gasteiger partial charge in [-0.3, -0.25) is 9.48 Å². The number of aromatic nitrogens is 2. The molecule has 6 nitrogen and oxygen atoms in total. The molecule has 140 valence electrons. The van der Waals surface area contributed by atoms with Gasteiger partial charge in [-0.25, -0.2) is 4.79 Å². The van der Waals surface area contributed by atoms with Crippen LogP contribution >= 0.6 is 11.8 Å². The minimum Gasteiger partial charge on any atom is -0.480 e. The van der Waals surface area contributed by atoms with Gasteiger partial charge in [-0.1, -0.05) is 13.8 Å². The van der Waals surface area contributed by atoms with Crippen LogP contribution in [0, 0.1) is 19.8 Å². The first-order valence-electron chi connectivity index (χ1n) is 8.90. The lowest BCUT2D eigenvalue weighted by Crippen LogP contribution is -2.56. The molecule has 2 rings (SSSR count). The molecule has 7 heteroatoms. The normalized spacial score (nSPS) is 16.8. The van der Waals surface area contributed by atoms with Gasteiger partial charge in [0.1, 0.15) is 5.54 Å². The predicted molar refractivity (Wildman–Crippen MR) is 99.9 cm³/mol. The average Bonchev–Trinajstić information content (AvgIpc) is 2.79. The van der Waals surface area contributed by atoms with Crippen molar-refractivity contribution in [1.29, 1.82) is 0 Å². The first kappa shape index (κ1) is 19.8. The van der Waals surface area contributed by atoms with Crippen molar-refractivity contribution >= 4 is 23.6 Å². The molecule has 1 fully saturated rings. The SMILES string of the molecule is Cc1nn(CC(C)C)c(C)c1CCC(=O)NC1(C(=O)O)CCSCC1. The molecule has 0 radical (unpaired) electrons. The van der Waals surface area contributed by atoms with Gasteiger partial charge in [0.2, 0.25) is 5.91 Å². The standard InChI is InChI=1S/C18H29N3O3S/c1-12(2)11-21-14(4)15(13(3)20-21)5-6-16(22)19-18(17(23)24)7-9-25-10-8-18/h12H,5-11H2,1-4H3,(H,19,22)(H,23,24). The van der Waals surface area contributed by atoms with Crippen molar-refractivity contribution in [2.75, 3.05) is 11.5 Å². The van der Waals surface area contributed by atoms with Gasteiger partial charge in [0, 0.05) is 18.7 Å². The molecule has 0 spiro atoms. The summed E-state index contributed by atoms with van der Waals surface area (Å²) in [6.07, 6.45) is 1.86. The van der Waals surface area contributed by atoms with Crippen molar-refractivity contribution in [2.45, 2.75) is 65.5 Å². The lowest BCUT2D eigenvalue weighted by atomic mass is 9.92. The first-order valence-corrected chi connectivity index (χ1v) is 10.1. The number of nitrogens with one attached hydrogen (secondary N) is 1. The number of nitrogens with zero attached hydrogens (tertiary/aromatic N) is 2. The molecule has 0 saturated carbocycles. The number of thioether (sulfide) groups is 1. The van der Waals surface area contributed by atoms with E-state index in [-0.39, 0.29) is 12.3 Å². The maximum atomic E-state index is 12.4. The maximum absolute atomic E-state index is 12.4. The number of carboxylic acids is 1. The zero-order valence-electron chi connectivity index (χ0n) is 15.6. The summed E-state index contributed by atoms with van der Waals surface area (Å²) in [5, 5.41) is 16.9. The Kier molecular flexibility index (Phi) is 6.54. The minimum atomic E-state index is -1.09. The number of aryl methyl sites for hydroxylation is 1. The third-order valence-electron chi connectivity index (χ3n) is 4.81. The summed E-state index contributed by atoms with van der Waals surface area (Å²) in [5.41, 5.74) is 2.06. The van der Waals surface area contributed by atoms with Gasteiger partial charge in [0.15, 0.2) is 0 Å². The summed E-state index contributed by atoms with van der Waals surface area (Å²) >= 11 is 1.74. The van der Waals surface area contributed by atoms with Gasteiger partial charge in [-0.05, 0) is 56.1 Å². The summed E-state index contributed by atoms with van der Waals surface area (Å²) in [4.78, 5) is 24.1. The fraction of sp³-hybridized carbons (Fsp3) is 0.722. The molecule has 0 aromatic carbocycles. The van der Waals surface area contributed by atoms with E-state index in [1.165, 1.54) is 0 Å². The molecule has 1 aromatic heterocycles. The minimum absolute atomic E-state index is 0.190. The molecule has 25 heavy (non-hydrogen) atoms. The molecule has 0 atom stereocenters. The summed E-state index contributed by atoms with van der Waals surface area (Å²) in [7, 11) is 0. The second kappa shape index (κ2) is 8.25. The number of amides is 1. The van der Waals surface area contributed by atoms with Gasteiger partial charge in [-0.15, -0.1) is 0 Å². The van der Waals surface area contributed by atoms with Gasteiger partial charge in [0.05, 0.1) is 5.69 Å². The largest absolute Gasteiger partial charge is 0.480 e. The molecule has 1 aromatic rings. The third kappa shape index (κ3) is 4.77. The first-order chi connectivity index (χ1) is 11.7. The van der Waals surface area contributed by atoms with Crippen LogP contribution < -0.4 is 5.32 Å². The van der Waals surface area contributed by atoms with Crippen LogP contribution in [0.5, 0.6) is 0 Å². The summed E-state index contributed by atoms with van der Waals surface area (Å²) in [6, 6.07) is 0. The van der Waals surface area contributed by atoms with Crippen LogP contribution in [0.3, 0.4) is 0 Å². The average molecular weight is 368 g/mol. The van der Waals surface area contributed by atoms with E-state index in [1.807, 2.05) is 18.5 Å². The molecule has 1 saturated heterocycles. The van der Waals surface area contributed by atoms with E-state index in [0.29, 0.717) is 25.2 Å². The molecule has 1 aliphatic heterocycles. The molecule has 0 bridgehead atoms. The van der Waals surface area contributed by atoms with Gasteiger partial charge in [-0.2, -0.15) is 16.9 Å². The van der Waals surface area contributed by atoms with Crippen LogP contribution in [-0.2, 0) is 22.6 Å². The van der Waals surface area contributed by atoms with E-state index in [9.17, 15) is 14.7 Å². The van der Waals surface area contributed by atoms with Crippen molar-refractivity contribution < 1.29 is 14.7 Å². The Bertz CT molecular complexity index is 634. The molecule has 1 aliphatic rings. The summed E-state index contributed by atoms with van der Waals surface area (Å²) < 4.78 is 2.00. The second-order valence-electron chi connectivity index (χ2n) is 7.27. The fourth-order valence-electron chi connectivity index (χ4n) is 3.30. The third-order valence-corrected chi connectivity index (χ3v) is 5.79. The molecule has 0 aliphatic carbocycles. The molecule has 0 unspecified atom stereocenters. The van der Waals surface area contributed by atoms with Crippen LogP contribution in [0.25, 0.3) is 0 Å². The van der Waals surface area contributed by atoms with Gasteiger partial charge < -0.3 is 10.4 Å². The van der Waals surface area contributed by atoms with E-state index >= 15 is 0 Å². The molecular formula is C18H29N3O3S. The molecular weight excluding hydrogens is 338 g/mol. The monoisotopic (exact) mass is 367 g/mol. The smallest absolute Gasteiger partial charge is 0.329 e.